The van der Waals surface area contributed by atoms with E-state index in [9.17, 15) is 4.79 Å². The van der Waals surface area contributed by atoms with Gasteiger partial charge in [-0.05, 0) is 51.5 Å². The summed E-state index contributed by atoms with van der Waals surface area (Å²) in [5.41, 5.74) is 0.589. The molecule has 5 nitrogen and oxygen atoms in total. The number of alkyl halides is 1. The summed E-state index contributed by atoms with van der Waals surface area (Å²) in [5.74, 6) is 0.825. The summed E-state index contributed by atoms with van der Waals surface area (Å²) in [4.78, 5) is 16.3. The second-order valence-corrected chi connectivity index (χ2v) is 10.0. The summed E-state index contributed by atoms with van der Waals surface area (Å²) in [7, 11) is 0. The summed E-state index contributed by atoms with van der Waals surface area (Å²) in [6.07, 6.45) is 1.33. The Labute approximate surface area is 190 Å². The highest BCUT2D eigenvalue weighted by Crippen LogP contribution is 2.26. The van der Waals surface area contributed by atoms with Gasteiger partial charge in [-0.2, -0.15) is 0 Å². The van der Waals surface area contributed by atoms with E-state index in [1.165, 1.54) is 0 Å². The van der Waals surface area contributed by atoms with Gasteiger partial charge in [0.25, 0.3) is 0 Å². The molecule has 1 amide bonds. The third kappa shape index (κ3) is 7.68. The van der Waals surface area contributed by atoms with Crippen LogP contribution in [0.25, 0.3) is 0 Å². The number of halogens is 2. The lowest BCUT2D eigenvalue weighted by atomic mass is 10.0. The van der Waals surface area contributed by atoms with Gasteiger partial charge in [0.15, 0.2) is 0 Å². The maximum Gasteiger partial charge on any atom is 0.410 e. The van der Waals surface area contributed by atoms with Gasteiger partial charge in [0.05, 0.1) is 0 Å². The monoisotopic (exact) mass is 456 g/mol. The van der Waals surface area contributed by atoms with Gasteiger partial charge in [-0.15, -0.1) is 11.6 Å². The first-order chi connectivity index (χ1) is 14.0. The second kappa shape index (κ2) is 10.7. The quantitative estimate of drug-likeness (QED) is 0.396. The third-order valence-electron chi connectivity index (χ3n) is 5.11. The molecular formula is C23H34Cl2N2O3. The second-order valence-electron chi connectivity index (χ2n) is 8.89. The Morgan fingerprint density at radius 2 is 1.83 bits per heavy atom. The first-order valence-corrected chi connectivity index (χ1v) is 11.2. The molecule has 1 fully saturated rings. The summed E-state index contributed by atoms with van der Waals surface area (Å²) >= 11 is 12.6. The van der Waals surface area contributed by atoms with Gasteiger partial charge in [-0.1, -0.05) is 31.2 Å². The number of nitrogens with zero attached hydrogens (tertiary/aromatic N) is 2. The Morgan fingerprint density at radius 3 is 2.37 bits per heavy atom. The first kappa shape index (κ1) is 24.8. The van der Waals surface area contributed by atoms with Crippen LogP contribution >= 0.6 is 23.2 Å². The van der Waals surface area contributed by atoms with Crippen molar-refractivity contribution in [3.8, 4) is 5.75 Å². The van der Waals surface area contributed by atoms with Crippen LogP contribution in [0.2, 0.25) is 5.02 Å². The molecule has 0 saturated carbocycles. The van der Waals surface area contributed by atoms with Crippen LogP contribution in [0, 0.1) is 5.92 Å². The van der Waals surface area contributed by atoms with Crippen molar-refractivity contribution in [3.63, 3.8) is 0 Å². The molecule has 0 spiro atoms. The largest absolute Gasteiger partial charge is 0.486 e. The highest BCUT2D eigenvalue weighted by atomic mass is 35.5. The number of carbonyl (C=O) groups is 1. The Balaban J connectivity index is 1.96. The van der Waals surface area contributed by atoms with Crippen LogP contribution in [-0.2, 0) is 11.3 Å². The number of amides is 1. The zero-order valence-corrected chi connectivity index (χ0v) is 20.2. The zero-order chi connectivity index (χ0) is 22.5. The number of hydrogen-bond acceptors (Lipinski definition) is 4. The van der Waals surface area contributed by atoms with Crippen molar-refractivity contribution < 1.29 is 14.3 Å². The lowest BCUT2D eigenvalue weighted by molar-refractivity contribution is 0.0139. The maximum absolute atomic E-state index is 12.2. The molecule has 1 saturated heterocycles. The van der Waals surface area contributed by atoms with Gasteiger partial charge in [0.2, 0.25) is 0 Å². The molecule has 0 aliphatic carbocycles. The normalized spacial score (nSPS) is 18.4. The molecule has 7 heteroatoms. The zero-order valence-electron chi connectivity index (χ0n) is 18.7. The van der Waals surface area contributed by atoms with Gasteiger partial charge in [-0.3, -0.25) is 4.90 Å². The molecular weight excluding hydrogens is 423 g/mol. The van der Waals surface area contributed by atoms with Crippen molar-refractivity contribution in [3.05, 3.63) is 41.4 Å². The van der Waals surface area contributed by atoms with Gasteiger partial charge < -0.3 is 14.4 Å². The molecule has 1 unspecified atom stereocenters. The Morgan fingerprint density at radius 1 is 1.20 bits per heavy atom. The lowest BCUT2D eigenvalue weighted by Crippen LogP contribution is -2.49. The van der Waals surface area contributed by atoms with Gasteiger partial charge in [0.1, 0.15) is 17.5 Å². The van der Waals surface area contributed by atoms with E-state index < -0.39 is 5.60 Å². The molecule has 1 aliphatic rings. The van der Waals surface area contributed by atoms with Crippen LogP contribution in [0.3, 0.4) is 0 Å². The van der Waals surface area contributed by atoms with Gasteiger partial charge in [0, 0.05) is 49.0 Å². The molecule has 0 N–H and O–H groups in total. The minimum Gasteiger partial charge on any atom is -0.486 e. The minimum atomic E-state index is -0.479. The van der Waals surface area contributed by atoms with Crippen molar-refractivity contribution in [2.24, 2.45) is 5.92 Å². The molecule has 1 heterocycles. The van der Waals surface area contributed by atoms with E-state index in [0.29, 0.717) is 23.9 Å². The van der Waals surface area contributed by atoms with Crippen molar-refractivity contribution in [2.75, 3.05) is 26.2 Å². The number of benzene rings is 1. The number of carbonyl (C=O) groups excluding carboxylic acids is 1. The molecule has 30 heavy (non-hydrogen) atoms. The fraction of sp³-hybridized carbons (Fsp3) is 0.609. The molecule has 0 radical (unpaired) electrons. The van der Waals surface area contributed by atoms with Gasteiger partial charge >= 0.3 is 6.09 Å². The highest BCUT2D eigenvalue weighted by molar-refractivity contribution is 6.30. The molecule has 1 aliphatic heterocycles. The number of hydrogen-bond donors (Lipinski definition) is 0. The Kier molecular flexibility index (Phi) is 8.89. The van der Waals surface area contributed by atoms with Crippen molar-refractivity contribution in [1.29, 1.82) is 0 Å². The van der Waals surface area contributed by atoms with Gasteiger partial charge in [-0.25, -0.2) is 4.79 Å². The maximum atomic E-state index is 12.2. The number of ether oxygens (including phenoxy) is 2. The highest BCUT2D eigenvalue weighted by Gasteiger charge is 2.26. The van der Waals surface area contributed by atoms with Crippen LogP contribution in [0.1, 0.15) is 40.2 Å². The van der Waals surface area contributed by atoms with Crippen LogP contribution < -0.4 is 4.74 Å². The van der Waals surface area contributed by atoms with Crippen LogP contribution in [-0.4, -0.2) is 59.2 Å². The average molecular weight is 457 g/mol. The summed E-state index contributed by atoms with van der Waals surface area (Å²) in [6.45, 7) is 17.1. The van der Waals surface area contributed by atoms with Crippen LogP contribution in [0.5, 0.6) is 5.75 Å². The summed E-state index contributed by atoms with van der Waals surface area (Å²) < 4.78 is 11.6. The molecule has 168 valence electrons. The van der Waals surface area contributed by atoms with E-state index in [-0.39, 0.29) is 23.5 Å². The molecule has 3 atom stereocenters. The Bertz CT molecular complexity index is 726. The lowest BCUT2D eigenvalue weighted by Gasteiger charge is -2.35. The SMILES string of the molecule is C=CC(Oc1cc(Cl)cc(CN2CCN(C(=O)OC(C)(C)C)CC2)c1)[C@@H](C)[C@H](C)Cl. The van der Waals surface area contributed by atoms with E-state index in [0.717, 1.165) is 25.2 Å². The van der Waals surface area contributed by atoms with E-state index >= 15 is 0 Å². The fourth-order valence-corrected chi connectivity index (χ4v) is 3.63. The molecule has 1 aromatic carbocycles. The Hall–Kier alpha value is -1.43. The van der Waals surface area contributed by atoms with E-state index in [1.54, 1.807) is 11.0 Å². The van der Waals surface area contributed by atoms with Crippen LogP contribution in [0.15, 0.2) is 30.9 Å². The molecule has 0 aromatic heterocycles. The first-order valence-electron chi connectivity index (χ1n) is 10.4. The number of piperazine rings is 1. The van der Waals surface area contributed by atoms with E-state index in [4.69, 9.17) is 32.7 Å². The predicted molar refractivity (Wildman–Crippen MR) is 124 cm³/mol. The summed E-state index contributed by atoms with van der Waals surface area (Å²) in [5, 5.41) is 0.595. The molecule has 2 rings (SSSR count). The fourth-order valence-electron chi connectivity index (χ4n) is 3.24. The van der Waals surface area contributed by atoms with Crippen LogP contribution in [0.4, 0.5) is 4.79 Å². The molecule has 0 bridgehead atoms. The molecule has 1 aromatic rings. The number of rotatable bonds is 7. The standard InChI is InChI=1S/C23H34Cl2N2O3/c1-7-21(16(2)17(3)24)29-20-13-18(12-19(25)14-20)15-26-8-10-27(11-9-26)22(28)30-23(4,5)6/h7,12-14,16-17,21H,1,8-11,15H2,2-6H3/t16-,17-,21?/m0/s1. The summed E-state index contributed by atoms with van der Waals surface area (Å²) in [6, 6.07) is 5.77. The minimum absolute atomic E-state index is 0.0343. The van der Waals surface area contributed by atoms with Crippen molar-refractivity contribution in [1.82, 2.24) is 9.80 Å². The van der Waals surface area contributed by atoms with E-state index in [2.05, 4.69) is 11.5 Å². The van der Waals surface area contributed by atoms with Crippen molar-refractivity contribution >= 4 is 29.3 Å². The average Bonchev–Trinajstić information content (AvgIpc) is 2.64. The third-order valence-corrected chi connectivity index (χ3v) is 5.72. The predicted octanol–water partition coefficient (Wildman–Crippen LogP) is 5.59. The van der Waals surface area contributed by atoms with E-state index in [1.807, 2.05) is 52.8 Å². The van der Waals surface area contributed by atoms with Crippen molar-refractivity contribution in [2.45, 2.75) is 58.2 Å². The topological polar surface area (TPSA) is 42.0 Å². The smallest absolute Gasteiger partial charge is 0.410 e.